The van der Waals surface area contributed by atoms with Gasteiger partial charge in [-0.2, -0.15) is 5.10 Å². The van der Waals surface area contributed by atoms with Gasteiger partial charge in [0.1, 0.15) is 0 Å². The molecule has 0 saturated carbocycles. The highest BCUT2D eigenvalue weighted by Crippen LogP contribution is 2.27. The smallest absolute Gasteiger partial charge is 0.0806 e. The number of nitrogens with one attached hydrogen (secondary N) is 1. The summed E-state index contributed by atoms with van der Waals surface area (Å²) in [4.78, 5) is 4.27. The highest BCUT2D eigenvalue weighted by atomic mass is 35.5. The summed E-state index contributed by atoms with van der Waals surface area (Å²) >= 11 is 12.0. The number of pyridine rings is 1. The summed E-state index contributed by atoms with van der Waals surface area (Å²) in [6.45, 7) is 0. The molecule has 0 amide bonds. The molecular formula is C11H12Cl2N4. The van der Waals surface area contributed by atoms with Gasteiger partial charge in [0.05, 0.1) is 28.0 Å². The summed E-state index contributed by atoms with van der Waals surface area (Å²) in [7, 11) is 3.72. The fraction of sp³-hybridized carbons (Fsp3) is 0.273. The first-order valence-electron chi connectivity index (χ1n) is 5.08. The molecular weight excluding hydrogens is 259 g/mol. The lowest BCUT2D eigenvalue weighted by Gasteiger charge is -2.15. The first-order chi connectivity index (χ1) is 8.11. The van der Waals surface area contributed by atoms with E-state index in [1.165, 1.54) is 0 Å². The van der Waals surface area contributed by atoms with Crippen LogP contribution in [0, 0.1) is 0 Å². The molecule has 0 radical (unpaired) electrons. The SMILES string of the molecule is CNC(c1cnn(C)c1)c1ncc(Cl)cc1Cl. The van der Waals surface area contributed by atoms with Crippen molar-refractivity contribution in [3.05, 3.63) is 46.0 Å². The molecule has 2 rings (SSSR count). The van der Waals surface area contributed by atoms with Crippen molar-refractivity contribution in [3.63, 3.8) is 0 Å². The largest absolute Gasteiger partial charge is 0.308 e. The molecule has 0 aromatic carbocycles. The summed E-state index contributed by atoms with van der Waals surface area (Å²) in [5, 5.41) is 8.37. The Labute approximate surface area is 110 Å². The average Bonchev–Trinajstić information content (AvgIpc) is 2.69. The number of nitrogens with zero attached hydrogens (tertiary/aromatic N) is 3. The van der Waals surface area contributed by atoms with Crippen LogP contribution in [0.1, 0.15) is 17.3 Å². The molecule has 4 nitrogen and oxygen atoms in total. The number of aromatic nitrogens is 3. The van der Waals surface area contributed by atoms with E-state index in [4.69, 9.17) is 23.2 Å². The van der Waals surface area contributed by atoms with Crippen LogP contribution in [0.15, 0.2) is 24.7 Å². The standard InChI is InChI=1S/C11H12Cl2N4/c1-14-10(7-4-16-17(2)6-7)11-9(13)3-8(12)5-15-11/h3-6,10,14H,1-2H3. The average molecular weight is 271 g/mol. The lowest BCUT2D eigenvalue weighted by molar-refractivity contribution is 0.669. The third-order valence-corrected chi connectivity index (χ3v) is 2.97. The second-order valence-corrected chi connectivity index (χ2v) is 4.53. The zero-order valence-corrected chi connectivity index (χ0v) is 11.0. The Bertz CT molecular complexity index is 524. The summed E-state index contributed by atoms with van der Waals surface area (Å²) in [5.41, 5.74) is 1.75. The maximum Gasteiger partial charge on any atom is 0.0806 e. The van der Waals surface area contributed by atoms with E-state index in [2.05, 4.69) is 15.4 Å². The normalized spacial score (nSPS) is 12.7. The second kappa shape index (κ2) is 5.04. The number of rotatable bonds is 3. The van der Waals surface area contributed by atoms with Gasteiger partial charge in [0, 0.05) is 25.0 Å². The van der Waals surface area contributed by atoms with Crippen molar-refractivity contribution in [2.24, 2.45) is 7.05 Å². The maximum atomic E-state index is 6.15. The third kappa shape index (κ3) is 2.60. The van der Waals surface area contributed by atoms with Gasteiger partial charge < -0.3 is 5.32 Å². The predicted octanol–water partition coefficient (Wildman–Crippen LogP) is 2.43. The van der Waals surface area contributed by atoms with Gasteiger partial charge in [-0.1, -0.05) is 23.2 Å². The lowest BCUT2D eigenvalue weighted by atomic mass is 10.1. The lowest BCUT2D eigenvalue weighted by Crippen LogP contribution is -2.18. The van der Waals surface area contributed by atoms with Crippen LogP contribution in [-0.2, 0) is 7.05 Å². The molecule has 1 N–H and O–H groups in total. The van der Waals surface area contributed by atoms with E-state index < -0.39 is 0 Å². The van der Waals surface area contributed by atoms with Crippen molar-refractivity contribution < 1.29 is 0 Å². The Morgan fingerprint density at radius 2 is 2.12 bits per heavy atom. The first kappa shape index (κ1) is 12.4. The summed E-state index contributed by atoms with van der Waals surface area (Å²) < 4.78 is 1.74. The minimum atomic E-state index is -0.0894. The van der Waals surface area contributed by atoms with Crippen LogP contribution < -0.4 is 5.32 Å². The van der Waals surface area contributed by atoms with Crippen molar-refractivity contribution in [3.8, 4) is 0 Å². The van der Waals surface area contributed by atoms with E-state index in [0.717, 1.165) is 11.3 Å². The molecule has 0 spiro atoms. The van der Waals surface area contributed by atoms with Crippen LogP contribution in [0.2, 0.25) is 10.0 Å². The molecule has 0 aliphatic heterocycles. The van der Waals surface area contributed by atoms with Crippen molar-refractivity contribution in [2.45, 2.75) is 6.04 Å². The van der Waals surface area contributed by atoms with E-state index in [0.29, 0.717) is 10.0 Å². The fourth-order valence-electron chi connectivity index (χ4n) is 1.69. The van der Waals surface area contributed by atoms with Gasteiger partial charge >= 0.3 is 0 Å². The van der Waals surface area contributed by atoms with Gasteiger partial charge in [0.2, 0.25) is 0 Å². The van der Waals surface area contributed by atoms with E-state index in [-0.39, 0.29) is 6.04 Å². The Morgan fingerprint density at radius 3 is 2.65 bits per heavy atom. The fourth-order valence-corrected chi connectivity index (χ4v) is 2.18. The Morgan fingerprint density at radius 1 is 1.35 bits per heavy atom. The number of hydrogen-bond donors (Lipinski definition) is 1. The van der Waals surface area contributed by atoms with Crippen molar-refractivity contribution >= 4 is 23.2 Å². The predicted molar refractivity (Wildman–Crippen MR) is 68.4 cm³/mol. The first-order valence-corrected chi connectivity index (χ1v) is 5.84. The highest BCUT2D eigenvalue weighted by Gasteiger charge is 2.18. The molecule has 0 aliphatic rings. The van der Waals surface area contributed by atoms with Gasteiger partial charge in [-0.15, -0.1) is 0 Å². The Hall–Kier alpha value is -1.10. The van der Waals surface area contributed by atoms with E-state index in [9.17, 15) is 0 Å². The van der Waals surface area contributed by atoms with E-state index in [1.54, 1.807) is 23.1 Å². The second-order valence-electron chi connectivity index (χ2n) is 3.69. The molecule has 90 valence electrons. The zero-order valence-electron chi connectivity index (χ0n) is 9.48. The van der Waals surface area contributed by atoms with Crippen LogP contribution in [0.25, 0.3) is 0 Å². The molecule has 1 unspecified atom stereocenters. The summed E-state index contributed by atoms with van der Waals surface area (Å²) in [6.07, 6.45) is 5.30. The zero-order chi connectivity index (χ0) is 12.4. The molecule has 0 aliphatic carbocycles. The van der Waals surface area contributed by atoms with Crippen molar-refractivity contribution in [1.82, 2.24) is 20.1 Å². The quantitative estimate of drug-likeness (QED) is 0.932. The van der Waals surface area contributed by atoms with Crippen LogP contribution in [0.4, 0.5) is 0 Å². The van der Waals surface area contributed by atoms with E-state index >= 15 is 0 Å². The summed E-state index contributed by atoms with van der Waals surface area (Å²) in [5.74, 6) is 0. The maximum absolute atomic E-state index is 6.15. The van der Waals surface area contributed by atoms with Gasteiger partial charge in [-0.05, 0) is 13.1 Å². The monoisotopic (exact) mass is 270 g/mol. The van der Waals surface area contributed by atoms with Gasteiger partial charge in [-0.25, -0.2) is 0 Å². The number of hydrogen-bond acceptors (Lipinski definition) is 3. The molecule has 2 aromatic heterocycles. The molecule has 2 aromatic rings. The molecule has 2 heterocycles. The molecule has 6 heteroatoms. The van der Waals surface area contributed by atoms with Crippen LogP contribution in [0.3, 0.4) is 0 Å². The number of aryl methyl sites for hydroxylation is 1. The number of halogens is 2. The van der Waals surface area contributed by atoms with Crippen molar-refractivity contribution in [1.29, 1.82) is 0 Å². The minimum Gasteiger partial charge on any atom is -0.308 e. The van der Waals surface area contributed by atoms with Crippen LogP contribution in [0.5, 0.6) is 0 Å². The van der Waals surface area contributed by atoms with Crippen LogP contribution >= 0.6 is 23.2 Å². The molecule has 0 saturated heterocycles. The molecule has 0 fully saturated rings. The topological polar surface area (TPSA) is 42.7 Å². The molecule has 1 atom stereocenters. The van der Waals surface area contributed by atoms with Gasteiger partial charge in [-0.3, -0.25) is 9.67 Å². The van der Waals surface area contributed by atoms with Gasteiger partial charge in [0.25, 0.3) is 0 Å². The van der Waals surface area contributed by atoms with Crippen LogP contribution in [-0.4, -0.2) is 21.8 Å². The summed E-state index contributed by atoms with van der Waals surface area (Å²) in [6, 6.07) is 1.60. The molecule has 0 bridgehead atoms. The van der Waals surface area contributed by atoms with Crippen molar-refractivity contribution in [2.75, 3.05) is 7.05 Å². The van der Waals surface area contributed by atoms with E-state index in [1.807, 2.05) is 20.3 Å². The molecule has 17 heavy (non-hydrogen) atoms. The Balaban J connectivity index is 2.42. The highest BCUT2D eigenvalue weighted by molar-refractivity contribution is 6.34. The Kier molecular flexibility index (Phi) is 3.66. The third-order valence-electron chi connectivity index (χ3n) is 2.46. The minimum absolute atomic E-state index is 0.0894. The van der Waals surface area contributed by atoms with Gasteiger partial charge in [0.15, 0.2) is 0 Å².